The number of carbonyl (C=O) groups excluding carboxylic acids is 2. The molecule has 1 atom stereocenters. The van der Waals surface area contributed by atoms with Gasteiger partial charge in [0.1, 0.15) is 16.4 Å². The summed E-state index contributed by atoms with van der Waals surface area (Å²) in [5.41, 5.74) is 0.441. The minimum atomic E-state index is -0.944. The van der Waals surface area contributed by atoms with E-state index in [-0.39, 0.29) is 0 Å². The summed E-state index contributed by atoms with van der Waals surface area (Å²) in [5.74, 6) is 0.0713. The highest BCUT2D eigenvalue weighted by atomic mass is 32.1. The van der Waals surface area contributed by atoms with Crippen molar-refractivity contribution in [1.82, 2.24) is 0 Å². The van der Waals surface area contributed by atoms with Crippen LogP contribution in [0.15, 0.2) is 35.7 Å². The number of carbonyl (C=O) groups is 2. The molecule has 0 spiro atoms. The molecule has 6 nitrogen and oxygen atoms in total. The zero-order chi connectivity index (χ0) is 16.8. The monoisotopic (exact) mass is 335 g/mol. The lowest BCUT2D eigenvalue weighted by Crippen LogP contribution is -2.29. The lowest BCUT2D eigenvalue weighted by atomic mass is 10.2. The Labute approximate surface area is 138 Å². The van der Waals surface area contributed by atoms with Crippen molar-refractivity contribution in [3.63, 3.8) is 0 Å². The predicted molar refractivity (Wildman–Crippen MR) is 87.4 cm³/mol. The van der Waals surface area contributed by atoms with Gasteiger partial charge in [-0.2, -0.15) is 0 Å². The summed E-state index contributed by atoms with van der Waals surface area (Å²) in [6.45, 7) is 1.51. The van der Waals surface area contributed by atoms with E-state index >= 15 is 0 Å². The molecule has 1 heterocycles. The molecule has 1 aromatic carbocycles. The molecule has 0 saturated carbocycles. The Morgan fingerprint density at radius 2 is 1.96 bits per heavy atom. The van der Waals surface area contributed by atoms with Gasteiger partial charge >= 0.3 is 5.97 Å². The van der Waals surface area contributed by atoms with Crippen LogP contribution in [0.4, 0.5) is 5.69 Å². The van der Waals surface area contributed by atoms with E-state index in [1.165, 1.54) is 32.5 Å². The van der Waals surface area contributed by atoms with Gasteiger partial charge in [0.25, 0.3) is 5.91 Å². The predicted octanol–water partition coefficient (Wildman–Crippen LogP) is 2.95. The van der Waals surface area contributed by atoms with Gasteiger partial charge in [-0.05, 0) is 30.5 Å². The van der Waals surface area contributed by atoms with Gasteiger partial charge in [0.05, 0.1) is 19.9 Å². The minimum Gasteiger partial charge on any atom is -0.497 e. The number of ether oxygens (including phenoxy) is 3. The molecule has 122 valence electrons. The first-order valence-electron chi connectivity index (χ1n) is 6.82. The smallest absolute Gasteiger partial charge is 0.349 e. The van der Waals surface area contributed by atoms with Crippen molar-refractivity contribution >= 4 is 28.9 Å². The second-order valence-electron chi connectivity index (χ2n) is 4.58. The molecule has 0 unspecified atom stereocenters. The van der Waals surface area contributed by atoms with Gasteiger partial charge in [0, 0.05) is 6.07 Å². The quantitative estimate of drug-likeness (QED) is 0.822. The van der Waals surface area contributed by atoms with Gasteiger partial charge in [0.2, 0.25) is 0 Å². The number of amides is 1. The number of esters is 1. The second-order valence-corrected chi connectivity index (χ2v) is 5.53. The molecule has 0 aliphatic heterocycles. The van der Waals surface area contributed by atoms with Crippen LogP contribution in [-0.2, 0) is 9.53 Å². The van der Waals surface area contributed by atoms with Gasteiger partial charge in [-0.1, -0.05) is 6.07 Å². The van der Waals surface area contributed by atoms with E-state index in [0.717, 1.165) is 0 Å². The minimum absolute atomic E-state index is 0.441. The van der Waals surface area contributed by atoms with Crippen LogP contribution < -0.4 is 14.8 Å². The van der Waals surface area contributed by atoms with Crippen molar-refractivity contribution in [2.75, 3.05) is 19.5 Å². The number of anilines is 1. The van der Waals surface area contributed by atoms with Crippen LogP contribution in [0, 0.1) is 0 Å². The van der Waals surface area contributed by atoms with Gasteiger partial charge in [-0.25, -0.2) is 4.79 Å². The average molecular weight is 335 g/mol. The molecule has 0 radical (unpaired) electrons. The third kappa shape index (κ3) is 4.23. The molecule has 0 fully saturated rings. The molecule has 0 bridgehead atoms. The van der Waals surface area contributed by atoms with Crippen LogP contribution in [-0.4, -0.2) is 32.2 Å². The molecule has 7 heteroatoms. The maximum Gasteiger partial charge on any atom is 0.349 e. The van der Waals surface area contributed by atoms with Crippen molar-refractivity contribution in [1.29, 1.82) is 0 Å². The second kappa shape index (κ2) is 7.64. The molecule has 1 aromatic heterocycles. The number of hydrogen-bond donors (Lipinski definition) is 1. The number of thiophene rings is 1. The first kappa shape index (κ1) is 16.8. The fourth-order valence-electron chi connectivity index (χ4n) is 1.81. The summed E-state index contributed by atoms with van der Waals surface area (Å²) in [6.07, 6.45) is -0.944. The first-order valence-corrected chi connectivity index (χ1v) is 7.70. The zero-order valence-corrected chi connectivity index (χ0v) is 13.8. The van der Waals surface area contributed by atoms with Crippen LogP contribution >= 0.6 is 11.3 Å². The van der Waals surface area contributed by atoms with Gasteiger partial charge in [0.15, 0.2) is 6.10 Å². The molecule has 0 aliphatic carbocycles. The standard InChI is InChI=1S/C16H17NO5S/c1-10(22-16(19)14-5-4-8-23-14)15(18)17-12-9-11(20-2)6-7-13(12)21-3/h4-10H,1-3H3,(H,17,18)/t10-/m1/s1. The highest BCUT2D eigenvalue weighted by molar-refractivity contribution is 7.11. The fraction of sp³-hybridized carbons (Fsp3) is 0.250. The number of rotatable bonds is 6. The van der Waals surface area contributed by atoms with E-state index in [4.69, 9.17) is 14.2 Å². The summed E-state index contributed by atoms with van der Waals surface area (Å²) < 4.78 is 15.5. The molecule has 23 heavy (non-hydrogen) atoms. The molecular formula is C16H17NO5S. The van der Waals surface area contributed by atoms with Crippen molar-refractivity contribution in [2.24, 2.45) is 0 Å². The Balaban J connectivity index is 2.04. The SMILES string of the molecule is COc1ccc(OC)c(NC(=O)[C@@H](C)OC(=O)c2cccs2)c1. The molecule has 1 amide bonds. The molecule has 0 aliphatic rings. The Hall–Kier alpha value is -2.54. The van der Waals surface area contributed by atoms with E-state index in [9.17, 15) is 9.59 Å². The normalized spacial score (nSPS) is 11.4. The largest absolute Gasteiger partial charge is 0.497 e. The van der Waals surface area contributed by atoms with Crippen molar-refractivity contribution < 1.29 is 23.8 Å². The summed E-state index contributed by atoms with van der Waals surface area (Å²) in [7, 11) is 3.02. The Morgan fingerprint density at radius 3 is 2.57 bits per heavy atom. The Kier molecular flexibility index (Phi) is 5.59. The lowest BCUT2D eigenvalue weighted by Gasteiger charge is -2.15. The van der Waals surface area contributed by atoms with Crippen LogP contribution in [0.3, 0.4) is 0 Å². The van der Waals surface area contributed by atoms with Crippen molar-refractivity contribution in [2.45, 2.75) is 13.0 Å². The zero-order valence-electron chi connectivity index (χ0n) is 13.0. The highest BCUT2D eigenvalue weighted by Gasteiger charge is 2.20. The van der Waals surface area contributed by atoms with Crippen molar-refractivity contribution in [3.8, 4) is 11.5 Å². The van der Waals surface area contributed by atoms with E-state index in [1.54, 1.807) is 35.7 Å². The van der Waals surface area contributed by atoms with Gasteiger partial charge in [-0.3, -0.25) is 4.79 Å². The van der Waals surface area contributed by atoms with E-state index in [1.807, 2.05) is 0 Å². The van der Waals surface area contributed by atoms with E-state index in [2.05, 4.69) is 5.32 Å². The first-order chi connectivity index (χ1) is 11.0. The van der Waals surface area contributed by atoms with Crippen LogP contribution in [0.5, 0.6) is 11.5 Å². The third-order valence-electron chi connectivity index (χ3n) is 3.04. The lowest BCUT2D eigenvalue weighted by molar-refractivity contribution is -0.123. The molecule has 2 aromatic rings. The molecular weight excluding hydrogens is 318 g/mol. The number of methoxy groups -OCH3 is 2. The molecule has 2 rings (SSSR count). The molecule has 1 N–H and O–H groups in total. The summed E-state index contributed by atoms with van der Waals surface area (Å²) in [4.78, 5) is 24.5. The van der Waals surface area contributed by atoms with Crippen LogP contribution in [0.25, 0.3) is 0 Å². The number of hydrogen-bond acceptors (Lipinski definition) is 6. The van der Waals surface area contributed by atoms with Gasteiger partial charge in [-0.15, -0.1) is 11.3 Å². The average Bonchev–Trinajstić information content (AvgIpc) is 3.09. The van der Waals surface area contributed by atoms with Crippen molar-refractivity contribution in [3.05, 3.63) is 40.6 Å². The Morgan fingerprint density at radius 1 is 1.17 bits per heavy atom. The summed E-state index contributed by atoms with van der Waals surface area (Å²) in [6, 6.07) is 8.41. The van der Waals surface area contributed by atoms with E-state index in [0.29, 0.717) is 22.1 Å². The summed E-state index contributed by atoms with van der Waals surface area (Å²) >= 11 is 1.26. The summed E-state index contributed by atoms with van der Waals surface area (Å²) in [5, 5.41) is 4.44. The fourth-order valence-corrected chi connectivity index (χ4v) is 2.42. The third-order valence-corrected chi connectivity index (χ3v) is 3.89. The van der Waals surface area contributed by atoms with Crippen LogP contribution in [0.2, 0.25) is 0 Å². The number of nitrogens with one attached hydrogen (secondary N) is 1. The van der Waals surface area contributed by atoms with E-state index < -0.39 is 18.0 Å². The highest BCUT2D eigenvalue weighted by Crippen LogP contribution is 2.29. The topological polar surface area (TPSA) is 73.9 Å². The Bertz CT molecular complexity index is 684. The number of benzene rings is 1. The maximum atomic E-state index is 12.2. The maximum absolute atomic E-state index is 12.2. The van der Waals surface area contributed by atoms with Gasteiger partial charge < -0.3 is 19.5 Å². The van der Waals surface area contributed by atoms with Crippen LogP contribution in [0.1, 0.15) is 16.6 Å². The molecule has 0 saturated heterocycles.